The van der Waals surface area contributed by atoms with Crippen molar-refractivity contribution < 1.29 is 9.26 Å². The molecule has 0 aromatic carbocycles. The van der Waals surface area contributed by atoms with E-state index < -0.39 is 0 Å². The lowest BCUT2D eigenvalue weighted by molar-refractivity contribution is -0.00302. The highest BCUT2D eigenvalue weighted by molar-refractivity contribution is 5.42. The van der Waals surface area contributed by atoms with Crippen LogP contribution in [0.2, 0.25) is 0 Å². The van der Waals surface area contributed by atoms with Gasteiger partial charge in [0.15, 0.2) is 5.82 Å². The third-order valence-electron chi connectivity index (χ3n) is 3.68. The smallest absolute Gasteiger partial charge is 0.238 e. The highest BCUT2D eigenvalue weighted by Crippen LogP contribution is 2.31. The summed E-state index contributed by atoms with van der Waals surface area (Å²) in [4.78, 5) is 11.8. The van der Waals surface area contributed by atoms with Crippen molar-refractivity contribution in [1.29, 1.82) is 0 Å². The summed E-state index contributed by atoms with van der Waals surface area (Å²) in [5.41, 5.74) is 0.987. The van der Waals surface area contributed by atoms with Gasteiger partial charge in [-0.15, -0.1) is 0 Å². The van der Waals surface area contributed by atoms with Gasteiger partial charge in [0.05, 0.1) is 6.10 Å². The number of nitrogens with one attached hydrogen (secondary N) is 1. The largest absolute Gasteiger partial charge is 0.378 e. The third kappa shape index (κ3) is 2.75. The van der Waals surface area contributed by atoms with Gasteiger partial charge in [0.2, 0.25) is 11.7 Å². The number of imidazole rings is 1. The molecule has 0 saturated carbocycles. The molecular formula is C14H20N4O2. The van der Waals surface area contributed by atoms with Crippen LogP contribution in [0.4, 0.5) is 0 Å². The van der Waals surface area contributed by atoms with Gasteiger partial charge in [-0.1, -0.05) is 18.5 Å². The van der Waals surface area contributed by atoms with Gasteiger partial charge < -0.3 is 14.2 Å². The number of nitrogens with zero attached hydrogens (tertiary/aromatic N) is 3. The molecule has 0 amide bonds. The monoisotopic (exact) mass is 276 g/mol. The molecule has 1 aliphatic rings. The first-order valence-corrected chi connectivity index (χ1v) is 7.23. The Morgan fingerprint density at radius 3 is 3.10 bits per heavy atom. The zero-order valence-corrected chi connectivity index (χ0v) is 11.9. The van der Waals surface area contributed by atoms with E-state index in [0.29, 0.717) is 29.6 Å². The van der Waals surface area contributed by atoms with E-state index in [1.54, 1.807) is 6.20 Å². The Balaban J connectivity index is 1.73. The van der Waals surface area contributed by atoms with Crippen LogP contribution in [0.25, 0.3) is 11.6 Å². The van der Waals surface area contributed by atoms with Crippen LogP contribution in [-0.2, 0) is 4.74 Å². The molecule has 0 aliphatic carbocycles. The third-order valence-corrected chi connectivity index (χ3v) is 3.68. The maximum absolute atomic E-state index is 5.76. The predicted octanol–water partition coefficient (Wildman–Crippen LogP) is 2.83. The molecule has 3 rings (SSSR count). The van der Waals surface area contributed by atoms with Gasteiger partial charge in [0, 0.05) is 24.4 Å². The average molecular weight is 276 g/mol. The Morgan fingerprint density at radius 1 is 1.45 bits per heavy atom. The Bertz CT molecular complexity index is 561. The van der Waals surface area contributed by atoms with Gasteiger partial charge in [-0.2, -0.15) is 4.98 Å². The molecular weight excluding hydrogens is 256 g/mol. The number of aromatic nitrogens is 4. The molecule has 6 heteroatoms. The van der Waals surface area contributed by atoms with E-state index in [0.717, 1.165) is 38.0 Å². The number of ether oxygens (including phenoxy) is 1. The Labute approximate surface area is 117 Å². The van der Waals surface area contributed by atoms with Crippen LogP contribution < -0.4 is 0 Å². The van der Waals surface area contributed by atoms with Gasteiger partial charge in [-0.3, -0.25) is 0 Å². The quantitative estimate of drug-likeness (QED) is 0.929. The van der Waals surface area contributed by atoms with Gasteiger partial charge in [-0.25, -0.2) is 4.98 Å². The molecule has 1 fully saturated rings. The minimum Gasteiger partial charge on any atom is -0.378 e. The van der Waals surface area contributed by atoms with Crippen LogP contribution in [0.15, 0.2) is 10.7 Å². The number of hydrogen-bond acceptors (Lipinski definition) is 5. The Kier molecular flexibility index (Phi) is 3.82. The van der Waals surface area contributed by atoms with Crippen molar-refractivity contribution in [1.82, 2.24) is 20.1 Å². The molecule has 1 N–H and O–H groups in total. The SMILES string of the molecule is CCCC1CC(c2nc(-c3ncc(C)[nH]3)no2)CCO1. The summed E-state index contributed by atoms with van der Waals surface area (Å²) in [6.45, 7) is 4.90. The van der Waals surface area contributed by atoms with Crippen molar-refractivity contribution in [2.45, 2.75) is 51.6 Å². The second-order valence-corrected chi connectivity index (χ2v) is 5.37. The molecule has 2 aromatic rings. The van der Waals surface area contributed by atoms with Crippen LogP contribution in [-0.4, -0.2) is 32.8 Å². The summed E-state index contributed by atoms with van der Waals surface area (Å²) in [6.07, 6.45) is 6.22. The zero-order valence-electron chi connectivity index (χ0n) is 11.9. The summed E-state index contributed by atoms with van der Waals surface area (Å²) in [6, 6.07) is 0. The van der Waals surface area contributed by atoms with Crippen molar-refractivity contribution in [2.24, 2.45) is 0 Å². The van der Waals surface area contributed by atoms with Gasteiger partial charge in [0.1, 0.15) is 0 Å². The molecule has 0 bridgehead atoms. The molecule has 0 spiro atoms. The van der Waals surface area contributed by atoms with Gasteiger partial charge in [0.25, 0.3) is 0 Å². The normalized spacial score (nSPS) is 23.1. The summed E-state index contributed by atoms with van der Waals surface area (Å²) in [5, 5.41) is 4.03. The fourth-order valence-electron chi connectivity index (χ4n) is 2.65. The van der Waals surface area contributed by atoms with Crippen molar-refractivity contribution in [3.63, 3.8) is 0 Å². The average Bonchev–Trinajstić information content (AvgIpc) is 3.08. The highest BCUT2D eigenvalue weighted by atomic mass is 16.5. The van der Waals surface area contributed by atoms with Crippen LogP contribution in [0.5, 0.6) is 0 Å². The van der Waals surface area contributed by atoms with Crippen LogP contribution in [0.1, 0.15) is 50.1 Å². The molecule has 2 unspecified atom stereocenters. The number of H-pyrrole nitrogens is 1. The number of hydrogen-bond donors (Lipinski definition) is 1. The Morgan fingerprint density at radius 2 is 2.35 bits per heavy atom. The standard InChI is InChI=1S/C14H20N4O2/c1-3-4-11-7-10(5-6-19-11)14-17-13(18-20-14)12-15-8-9(2)16-12/h8,10-11H,3-7H2,1-2H3,(H,15,16). The lowest BCUT2D eigenvalue weighted by atomic mass is 9.93. The Hall–Kier alpha value is -1.69. The van der Waals surface area contributed by atoms with Crippen molar-refractivity contribution in [2.75, 3.05) is 6.61 Å². The first kappa shape index (κ1) is 13.3. The van der Waals surface area contributed by atoms with E-state index in [4.69, 9.17) is 9.26 Å². The van der Waals surface area contributed by atoms with E-state index in [1.807, 2.05) is 6.92 Å². The van der Waals surface area contributed by atoms with Crippen molar-refractivity contribution in [3.05, 3.63) is 17.8 Å². The first-order valence-electron chi connectivity index (χ1n) is 7.23. The number of aromatic amines is 1. The first-order chi connectivity index (χ1) is 9.76. The number of rotatable bonds is 4. The highest BCUT2D eigenvalue weighted by Gasteiger charge is 2.28. The topological polar surface area (TPSA) is 76.8 Å². The number of aryl methyl sites for hydroxylation is 1. The molecule has 6 nitrogen and oxygen atoms in total. The van der Waals surface area contributed by atoms with Crippen molar-refractivity contribution in [3.8, 4) is 11.6 Å². The molecule has 3 heterocycles. The van der Waals surface area contributed by atoms with Gasteiger partial charge >= 0.3 is 0 Å². The van der Waals surface area contributed by atoms with E-state index in [2.05, 4.69) is 27.0 Å². The lowest BCUT2D eigenvalue weighted by Crippen LogP contribution is -2.24. The summed E-state index contributed by atoms with van der Waals surface area (Å²) >= 11 is 0. The fourth-order valence-corrected chi connectivity index (χ4v) is 2.65. The van der Waals surface area contributed by atoms with Crippen LogP contribution >= 0.6 is 0 Å². The maximum atomic E-state index is 5.76. The molecule has 2 atom stereocenters. The minimum atomic E-state index is 0.303. The van der Waals surface area contributed by atoms with E-state index in [1.165, 1.54) is 0 Å². The fraction of sp³-hybridized carbons (Fsp3) is 0.643. The molecule has 2 aromatic heterocycles. The lowest BCUT2D eigenvalue weighted by Gasteiger charge is -2.27. The zero-order chi connectivity index (χ0) is 13.9. The minimum absolute atomic E-state index is 0.303. The van der Waals surface area contributed by atoms with E-state index >= 15 is 0 Å². The van der Waals surface area contributed by atoms with Crippen LogP contribution in [0, 0.1) is 6.92 Å². The summed E-state index contributed by atoms with van der Waals surface area (Å²) in [7, 11) is 0. The molecule has 1 aliphatic heterocycles. The summed E-state index contributed by atoms with van der Waals surface area (Å²) in [5.74, 6) is 2.21. The van der Waals surface area contributed by atoms with E-state index in [9.17, 15) is 0 Å². The molecule has 0 radical (unpaired) electrons. The maximum Gasteiger partial charge on any atom is 0.238 e. The molecule has 1 saturated heterocycles. The second kappa shape index (κ2) is 5.75. The second-order valence-electron chi connectivity index (χ2n) is 5.37. The predicted molar refractivity (Wildman–Crippen MR) is 73.2 cm³/mol. The molecule has 108 valence electrons. The summed E-state index contributed by atoms with van der Waals surface area (Å²) < 4.78 is 11.2. The van der Waals surface area contributed by atoms with Crippen LogP contribution in [0.3, 0.4) is 0 Å². The van der Waals surface area contributed by atoms with E-state index in [-0.39, 0.29) is 0 Å². The van der Waals surface area contributed by atoms with Gasteiger partial charge in [-0.05, 0) is 26.2 Å². The molecule has 20 heavy (non-hydrogen) atoms. The van der Waals surface area contributed by atoms with Crippen molar-refractivity contribution >= 4 is 0 Å².